The van der Waals surface area contributed by atoms with Gasteiger partial charge in [0.15, 0.2) is 11.6 Å². The molecule has 1 amide bonds. The number of amides is 1. The number of pyridine rings is 1. The maximum atomic E-state index is 15.0. The van der Waals surface area contributed by atoms with Gasteiger partial charge in [-0.1, -0.05) is 41.9 Å². The van der Waals surface area contributed by atoms with Crippen molar-refractivity contribution < 1.29 is 13.9 Å². The summed E-state index contributed by atoms with van der Waals surface area (Å²) in [5.74, 6) is -1.56. The Labute approximate surface area is 182 Å². The lowest BCUT2D eigenvalue weighted by atomic mass is 10.1. The molecular weight excluding hydrogens is 427 g/mol. The number of carbonyl (C=O) groups excluding carboxylic acids is 1. The molecule has 0 aliphatic heterocycles. The van der Waals surface area contributed by atoms with Crippen molar-refractivity contribution in [2.24, 2.45) is 0 Å². The third-order valence-corrected chi connectivity index (χ3v) is 5.09. The molecule has 9 heteroatoms. The highest BCUT2D eigenvalue weighted by Crippen LogP contribution is 2.29. The zero-order chi connectivity index (χ0) is 21.7. The SMILES string of the molecule is CSC(=N)c1cc(NC(=O)c2c(Cl)ccc(OCc3ccccc3)c2F)cnc1N. The van der Waals surface area contributed by atoms with E-state index >= 15 is 0 Å². The average molecular weight is 445 g/mol. The molecule has 0 unspecified atom stereocenters. The highest BCUT2D eigenvalue weighted by molar-refractivity contribution is 8.13. The fourth-order valence-corrected chi connectivity index (χ4v) is 3.23. The molecule has 0 spiro atoms. The molecular formula is C21H18ClFN4O2S. The van der Waals surface area contributed by atoms with Crippen LogP contribution in [0.25, 0.3) is 0 Å². The van der Waals surface area contributed by atoms with E-state index in [1.165, 1.54) is 36.2 Å². The van der Waals surface area contributed by atoms with Crippen molar-refractivity contribution in [3.63, 3.8) is 0 Å². The van der Waals surface area contributed by atoms with Crippen molar-refractivity contribution >= 4 is 45.8 Å². The zero-order valence-electron chi connectivity index (χ0n) is 15.9. The van der Waals surface area contributed by atoms with E-state index in [2.05, 4.69) is 10.3 Å². The van der Waals surface area contributed by atoms with Gasteiger partial charge in [0.1, 0.15) is 12.4 Å². The summed E-state index contributed by atoms with van der Waals surface area (Å²) in [5.41, 5.74) is 6.92. The van der Waals surface area contributed by atoms with Crippen molar-refractivity contribution in [3.05, 3.63) is 82.3 Å². The Kier molecular flexibility index (Phi) is 6.91. The molecule has 0 saturated carbocycles. The van der Waals surface area contributed by atoms with Crippen LogP contribution < -0.4 is 15.8 Å². The first-order chi connectivity index (χ1) is 14.4. The van der Waals surface area contributed by atoms with Gasteiger partial charge < -0.3 is 15.8 Å². The van der Waals surface area contributed by atoms with Crippen molar-refractivity contribution in [2.45, 2.75) is 6.61 Å². The summed E-state index contributed by atoms with van der Waals surface area (Å²) in [4.78, 5) is 16.7. The predicted octanol–water partition coefficient (Wildman–Crippen LogP) is 4.98. The number of nitrogens with two attached hydrogens (primary N) is 1. The lowest BCUT2D eigenvalue weighted by Crippen LogP contribution is -2.16. The second kappa shape index (κ2) is 9.60. The molecule has 6 nitrogen and oxygen atoms in total. The van der Waals surface area contributed by atoms with Crippen LogP contribution >= 0.6 is 23.4 Å². The quantitative estimate of drug-likeness (QED) is 0.368. The lowest BCUT2D eigenvalue weighted by Gasteiger charge is -2.13. The van der Waals surface area contributed by atoms with Gasteiger partial charge in [-0.3, -0.25) is 10.2 Å². The topological polar surface area (TPSA) is 101 Å². The Balaban J connectivity index is 1.83. The van der Waals surface area contributed by atoms with Gasteiger partial charge in [-0.05, 0) is 30.0 Å². The van der Waals surface area contributed by atoms with Gasteiger partial charge in [-0.15, -0.1) is 11.8 Å². The van der Waals surface area contributed by atoms with Crippen LogP contribution in [0.4, 0.5) is 15.9 Å². The zero-order valence-corrected chi connectivity index (χ0v) is 17.5. The number of nitrogen functional groups attached to an aromatic ring is 1. The summed E-state index contributed by atoms with van der Waals surface area (Å²) in [5, 5.41) is 10.6. The lowest BCUT2D eigenvalue weighted by molar-refractivity contribution is 0.102. The average Bonchev–Trinajstić information content (AvgIpc) is 2.74. The van der Waals surface area contributed by atoms with Crippen molar-refractivity contribution in [1.29, 1.82) is 5.41 Å². The van der Waals surface area contributed by atoms with E-state index in [1.807, 2.05) is 30.3 Å². The summed E-state index contributed by atoms with van der Waals surface area (Å²) in [6.07, 6.45) is 3.05. The van der Waals surface area contributed by atoms with Crippen LogP contribution in [-0.4, -0.2) is 22.2 Å². The number of aromatic nitrogens is 1. The highest BCUT2D eigenvalue weighted by atomic mass is 35.5. The van der Waals surface area contributed by atoms with Crippen LogP contribution in [0, 0.1) is 11.2 Å². The Bertz CT molecular complexity index is 1100. The molecule has 154 valence electrons. The number of benzene rings is 2. The second-order valence-corrected chi connectivity index (χ2v) is 7.38. The summed E-state index contributed by atoms with van der Waals surface area (Å²) in [7, 11) is 0. The smallest absolute Gasteiger partial charge is 0.260 e. The molecule has 0 aliphatic carbocycles. The fraction of sp³-hybridized carbons (Fsp3) is 0.0952. The molecule has 3 rings (SSSR count). The Hall–Kier alpha value is -3.10. The number of nitrogens with zero attached hydrogens (tertiary/aromatic N) is 1. The van der Waals surface area contributed by atoms with E-state index in [0.29, 0.717) is 5.56 Å². The van der Waals surface area contributed by atoms with Crippen LogP contribution in [0.3, 0.4) is 0 Å². The second-order valence-electron chi connectivity index (χ2n) is 6.15. The van der Waals surface area contributed by atoms with Gasteiger partial charge in [0.25, 0.3) is 5.91 Å². The molecule has 2 aromatic carbocycles. The largest absolute Gasteiger partial charge is 0.486 e. The third-order valence-electron chi connectivity index (χ3n) is 4.15. The van der Waals surface area contributed by atoms with Crippen LogP contribution in [0.15, 0.2) is 54.7 Å². The summed E-state index contributed by atoms with van der Waals surface area (Å²) >= 11 is 7.26. The molecule has 1 aromatic heterocycles. The first-order valence-corrected chi connectivity index (χ1v) is 10.4. The maximum absolute atomic E-state index is 15.0. The summed E-state index contributed by atoms with van der Waals surface area (Å²) < 4.78 is 20.5. The minimum atomic E-state index is -0.864. The number of carbonyl (C=O) groups is 1. The Morgan fingerprint density at radius 2 is 2.03 bits per heavy atom. The first-order valence-electron chi connectivity index (χ1n) is 8.75. The maximum Gasteiger partial charge on any atom is 0.260 e. The number of rotatable bonds is 6. The number of anilines is 2. The van der Waals surface area contributed by atoms with E-state index in [-0.39, 0.29) is 39.5 Å². The van der Waals surface area contributed by atoms with Gasteiger partial charge in [0, 0.05) is 0 Å². The predicted molar refractivity (Wildman–Crippen MR) is 119 cm³/mol. The van der Waals surface area contributed by atoms with Crippen LogP contribution in [0.1, 0.15) is 21.5 Å². The van der Waals surface area contributed by atoms with Gasteiger partial charge in [-0.25, -0.2) is 9.37 Å². The molecule has 30 heavy (non-hydrogen) atoms. The van der Waals surface area contributed by atoms with Crippen LogP contribution in [0.5, 0.6) is 5.75 Å². The molecule has 1 heterocycles. The van der Waals surface area contributed by atoms with Crippen molar-refractivity contribution in [1.82, 2.24) is 4.98 Å². The Morgan fingerprint density at radius 3 is 2.73 bits per heavy atom. The number of nitrogens with one attached hydrogen (secondary N) is 2. The van der Waals surface area contributed by atoms with E-state index in [0.717, 1.165) is 5.56 Å². The minimum absolute atomic E-state index is 0.0578. The third kappa shape index (κ3) is 4.90. The standard InChI is InChI=1S/C21H18ClFN4O2S/c1-30-20(25)14-9-13(10-26-19(14)24)27-21(28)17-15(22)7-8-16(18(17)23)29-11-12-5-3-2-4-6-12/h2-10,25H,11H2,1H3,(H2,24,26)(H,27,28). The first kappa shape index (κ1) is 21.6. The van der Waals surface area contributed by atoms with Crippen LogP contribution in [-0.2, 0) is 6.61 Å². The van der Waals surface area contributed by atoms with E-state index in [1.54, 1.807) is 6.26 Å². The molecule has 3 aromatic rings. The van der Waals surface area contributed by atoms with E-state index in [4.69, 9.17) is 27.5 Å². The molecule has 0 radical (unpaired) electrons. The number of hydrogen-bond donors (Lipinski definition) is 3. The summed E-state index contributed by atoms with van der Waals surface area (Å²) in [6.45, 7) is 0.141. The van der Waals surface area contributed by atoms with Gasteiger partial charge >= 0.3 is 0 Å². The number of ether oxygens (including phenoxy) is 1. The Morgan fingerprint density at radius 1 is 1.30 bits per heavy atom. The molecule has 4 N–H and O–H groups in total. The number of hydrogen-bond acceptors (Lipinski definition) is 6. The molecule has 0 saturated heterocycles. The van der Waals surface area contributed by atoms with E-state index in [9.17, 15) is 9.18 Å². The molecule has 0 bridgehead atoms. The minimum Gasteiger partial charge on any atom is -0.486 e. The van der Waals surface area contributed by atoms with Gasteiger partial charge in [-0.2, -0.15) is 0 Å². The fourth-order valence-electron chi connectivity index (χ4n) is 2.62. The van der Waals surface area contributed by atoms with Crippen molar-refractivity contribution in [3.8, 4) is 5.75 Å². The normalized spacial score (nSPS) is 10.5. The number of thioether (sulfide) groups is 1. The van der Waals surface area contributed by atoms with Crippen LogP contribution in [0.2, 0.25) is 5.02 Å². The number of halogens is 2. The molecule has 0 aliphatic rings. The van der Waals surface area contributed by atoms with Gasteiger partial charge in [0.05, 0.1) is 33.1 Å². The molecule has 0 atom stereocenters. The summed E-state index contributed by atoms with van der Waals surface area (Å²) in [6, 6.07) is 13.5. The van der Waals surface area contributed by atoms with E-state index < -0.39 is 11.7 Å². The van der Waals surface area contributed by atoms with Crippen molar-refractivity contribution in [2.75, 3.05) is 17.3 Å². The molecule has 0 fully saturated rings. The van der Waals surface area contributed by atoms with Gasteiger partial charge in [0.2, 0.25) is 0 Å². The monoisotopic (exact) mass is 444 g/mol. The highest BCUT2D eigenvalue weighted by Gasteiger charge is 2.21.